The Kier molecular flexibility index (Phi) is 15.5. The van der Waals surface area contributed by atoms with Crippen LogP contribution in [0, 0.1) is 0 Å². The van der Waals surface area contributed by atoms with Crippen molar-refractivity contribution >= 4 is 68.8 Å². The molecular formula is C52H55ClN10O2. The molecule has 2 fully saturated rings. The fourth-order valence-corrected chi connectivity index (χ4v) is 8.22. The molecule has 2 aliphatic heterocycles. The second kappa shape index (κ2) is 21.9. The van der Waals surface area contributed by atoms with Gasteiger partial charge in [-0.3, -0.25) is 14.7 Å². The summed E-state index contributed by atoms with van der Waals surface area (Å²) >= 11 is 6.38. The van der Waals surface area contributed by atoms with E-state index in [9.17, 15) is 9.59 Å². The number of carbonyl (C=O) groups is 2. The Morgan fingerprint density at radius 3 is 1.65 bits per heavy atom. The molecule has 4 aromatic carbocycles. The van der Waals surface area contributed by atoms with Crippen LogP contribution in [0.15, 0.2) is 135 Å². The third-order valence-corrected chi connectivity index (χ3v) is 11.6. The molecule has 0 amide bonds. The van der Waals surface area contributed by atoms with Crippen molar-refractivity contribution in [3.63, 3.8) is 0 Å². The van der Waals surface area contributed by atoms with Crippen molar-refractivity contribution in [1.82, 2.24) is 30.1 Å². The topological polar surface area (TPSA) is 145 Å². The van der Waals surface area contributed by atoms with Gasteiger partial charge in [0, 0.05) is 72.9 Å². The minimum absolute atomic E-state index is 0. The van der Waals surface area contributed by atoms with Gasteiger partial charge in [0.1, 0.15) is 0 Å². The van der Waals surface area contributed by atoms with Crippen LogP contribution in [0.2, 0.25) is 5.02 Å². The highest BCUT2D eigenvalue weighted by Crippen LogP contribution is 2.31. The second-order valence-electron chi connectivity index (χ2n) is 16.0. The average molecular weight is 888 g/mol. The van der Waals surface area contributed by atoms with Gasteiger partial charge in [0.25, 0.3) is 0 Å². The smallest absolute Gasteiger partial charge is 0.229 e. The molecule has 0 radical (unpaired) electrons. The number of ketones is 2. The van der Waals surface area contributed by atoms with Gasteiger partial charge in [-0.05, 0) is 122 Å². The molecule has 3 N–H and O–H groups in total. The Morgan fingerprint density at radius 2 is 1.12 bits per heavy atom. The highest BCUT2D eigenvalue weighted by Gasteiger charge is 2.16. The van der Waals surface area contributed by atoms with Crippen LogP contribution in [-0.4, -0.2) is 67.9 Å². The van der Waals surface area contributed by atoms with Crippen LogP contribution in [-0.2, 0) is 22.4 Å². The maximum absolute atomic E-state index is 11.8. The number of benzene rings is 4. The van der Waals surface area contributed by atoms with Crippen molar-refractivity contribution < 1.29 is 9.59 Å². The first-order valence-corrected chi connectivity index (χ1v) is 22.2. The number of anilines is 6. The third kappa shape index (κ3) is 11.9. The third-order valence-electron chi connectivity index (χ3n) is 11.4. The minimum Gasteiger partial charge on any atom is -0.372 e. The molecule has 12 nitrogen and oxygen atoms in total. The number of carbonyl (C=O) groups excluding carboxylic acids is 2. The summed E-state index contributed by atoms with van der Waals surface area (Å²) in [7, 11) is 0. The van der Waals surface area contributed by atoms with E-state index in [-0.39, 0.29) is 19.0 Å². The number of H-pyrrole nitrogens is 1. The number of hydrogen-bond donors (Lipinski definition) is 3. The van der Waals surface area contributed by atoms with Crippen molar-refractivity contribution in [3.8, 4) is 22.5 Å². The standard InChI is InChI=1S/C26H26N6O.C25H25ClN4O.CH4/c1-2-22(33)16-18-7-6-8-19(15-18)24-23-17-27-31-25(23)30-26(29-24)28-20-9-11-21(12-10-20)32-13-4-3-5-14-32;1-2-22(31)16-18-7-6-8-19(15-18)24-23(26)17-27-25(29-24)28-20-9-11-21(12-10-20)30-13-4-3-5-14-30;/h2,6-12,15,17H,1,3-5,13-14,16H2,(H2,27,28,29,30,31);2,6-12,15,17H,1,3-5,13-14,16H2,(H,27,28,29);1H4. The molecular weight excluding hydrogens is 832 g/mol. The normalized spacial score (nSPS) is 13.5. The zero-order valence-electron chi connectivity index (χ0n) is 35.8. The van der Waals surface area contributed by atoms with Crippen LogP contribution in [0.3, 0.4) is 0 Å². The van der Waals surface area contributed by atoms with E-state index in [1.807, 2.05) is 60.7 Å². The monoisotopic (exact) mass is 886 g/mol. The van der Waals surface area contributed by atoms with Gasteiger partial charge < -0.3 is 20.4 Å². The molecule has 332 valence electrons. The summed E-state index contributed by atoms with van der Waals surface area (Å²) in [5.41, 5.74) is 9.91. The lowest BCUT2D eigenvalue weighted by Gasteiger charge is -2.28. The number of rotatable bonds is 14. The molecule has 0 atom stereocenters. The van der Waals surface area contributed by atoms with E-state index in [1.54, 1.807) is 12.4 Å². The summed E-state index contributed by atoms with van der Waals surface area (Å²) < 4.78 is 0. The first-order valence-electron chi connectivity index (χ1n) is 21.8. The Morgan fingerprint density at radius 1 is 0.631 bits per heavy atom. The molecule has 13 heteroatoms. The molecule has 0 bridgehead atoms. The van der Waals surface area contributed by atoms with Gasteiger partial charge in [0.15, 0.2) is 17.2 Å². The molecule has 2 aliphatic rings. The van der Waals surface area contributed by atoms with Crippen molar-refractivity contribution in [2.75, 3.05) is 46.6 Å². The van der Waals surface area contributed by atoms with Crippen LogP contribution < -0.4 is 20.4 Å². The van der Waals surface area contributed by atoms with Crippen LogP contribution in [0.1, 0.15) is 57.1 Å². The summed E-state index contributed by atoms with van der Waals surface area (Å²) in [5.74, 6) is 0.915. The first-order chi connectivity index (χ1) is 31.3. The summed E-state index contributed by atoms with van der Waals surface area (Å²) in [6, 6.07) is 32.2. The molecule has 0 aliphatic carbocycles. The maximum Gasteiger partial charge on any atom is 0.229 e. The Hall–Kier alpha value is -7.18. The lowest BCUT2D eigenvalue weighted by Crippen LogP contribution is -2.29. The van der Waals surface area contributed by atoms with Gasteiger partial charge in [0.05, 0.1) is 34.2 Å². The largest absolute Gasteiger partial charge is 0.372 e. The molecule has 3 aromatic heterocycles. The number of nitrogens with one attached hydrogen (secondary N) is 3. The lowest BCUT2D eigenvalue weighted by molar-refractivity contribution is -0.114. The van der Waals surface area contributed by atoms with Gasteiger partial charge >= 0.3 is 0 Å². The number of piperidine rings is 2. The molecule has 65 heavy (non-hydrogen) atoms. The fourth-order valence-electron chi connectivity index (χ4n) is 8.02. The molecule has 5 heterocycles. The van der Waals surface area contributed by atoms with E-state index in [0.29, 0.717) is 41.1 Å². The Bertz CT molecular complexity index is 2740. The number of nitrogens with zero attached hydrogens (tertiary/aromatic N) is 7. The van der Waals surface area contributed by atoms with E-state index in [2.05, 4.69) is 95.1 Å². The van der Waals surface area contributed by atoms with Crippen LogP contribution in [0.4, 0.5) is 34.6 Å². The highest BCUT2D eigenvalue weighted by molar-refractivity contribution is 6.32. The van der Waals surface area contributed by atoms with E-state index in [0.717, 1.165) is 70.9 Å². The van der Waals surface area contributed by atoms with E-state index in [1.165, 1.54) is 62.1 Å². The van der Waals surface area contributed by atoms with Gasteiger partial charge in [-0.15, -0.1) is 0 Å². The second-order valence-corrected chi connectivity index (χ2v) is 16.4. The highest BCUT2D eigenvalue weighted by atomic mass is 35.5. The molecule has 2 saturated heterocycles. The van der Waals surface area contributed by atoms with Crippen LogP contribution in [0.25, 0.3) is 33.5 Å². The Balaban J connectivity index is 0.000000191. The Labute approximate surface area is 385 Å². The molecule has 7 aromatic rings. The van der Waals surface area contributed by atoms with E-state index < -0.39 is 0 Å². The number of aromatic amines is 1. The zero-order chi connectivity index (χ0) is 44.3. The predicted molar refractivity (Wildman–Crippen MR) is 266 cm³/mol. The van der Waals surface area contributed by atoms with Crippen LogP contribution in [0.5, 0.6) is 0 Å². The number of aromatic nitrogens is 6. The SMILES string of the molecule is C.C=CC(=O)Cc1cccc(-c2nc(Nc3ccc(N4CCCCC4)cc3)nc3[nH]ncc23)c1.C=CC(=O)Cc1cccc(-c2nc(Nc3ccc(N4CCCCC4)cc3)ncc2Cl)c1. The number of halogens is 1. The van der Waals surface area contributed by atoms with Crippen LogP contribution >= 0.6 is 11.6 Å². The summed E-state index contributed by atoms with van der Waals surface area (Å²) in [5, 5.41) is 15.0. The van der Waals surface area contributed by atoms with Gasteiger partial charge in [0.2, 0.25) is 11.9 Å². The van der Waals surface area contributed by atoms with Crippen molar-refractivity contribution in [2.45, 2.75) is 58.8 Å². The van der Waals surface area contributed by atoms with Crippen molar-refractivity contribution in [2.24, 2.45) is 0 Å². The fraction of sp³-hybridized carbons (Fsp3) is 0.250. The van der Waals surface area contributed by atoms with Crippen molar-refractivity contribution in [1.29, 1.82) is 0 Å². The van der Waals surface area contributed by atoms with Gasteiger partial charge in [-0.1, -0.05) is 68.6 Å². The minimum atomic E-state index is -0.0266. The summed E-state index contributed by atoms with van der Waals surface area (Å²) in [6.07, 6.45) is 14.3. The first kappa shape index (κ1) is 45.8. The van der Waals surface area contributed by atoms with Gasteiger partial charge in [-0.2, -0.15) is 10.1 Å². The molecule has 0 spiro atoms. The van der Waals surface area contributed by atoms with Crippen molar-refractivity contribution in [3.05, 3.63) is 151 Å². The summed E-state index contributed by atoms with van der Waals surface area (Å²) in [4.78, 5) is 46.7. The molecule has 0 unspecified atom stereocenters. The maximum atomic E-state index is 11.8. The number of fused-ring (bicyclic) bond motifs is 1. The predicted octanol–water partition coefficient (Wildman–Crippen LogP) is 11.5. The molecule has 9 rings (SSSR count). The molecule has 0 saturated carbocycles. The zero-order valence-corrected chi connectivity index (χ0v) is 36.5. The quantitative estimate of drug-likeness (QED) is 0.0897. The summed E-state index contributed by atoms with van der Waals surface area (Å²) in [6.45, 7) is 11.6. The number of hydrogen-bond acceptors (Lipinski definition) is 11. The van der Waals surface area contributed by atoms with Gasteiger partial charge in [-0.25, -0.2) is 15.0 Å². The van der Waals surface area contributed by atoms with E-state index >= 15 is 0 Å². The average Bonchev–Trinajstić information content (AvgIpc) is 3.82. The lowest BCUT2D eigenvalue weighted by atomic mass is 10.0. The number of allylic oxidation sites excluding steroid dienone is 2. The van der Waals surface area contributed by atoms with E-state index in [4.69, 9.17) is 16.6 Å².